The molecule has 5 atom stereocenters. The Balaban J connectivity index is -0.000000422. The van der Waals surface area contributed by atoms with E-state index in [-0.39, 0.29) is 125 Å². The fraction of sp³-hybridized carbons (Fsp3) is 0.676. The second-order valence-electron chi connectivity index (χ2n) is 15.4. The van der Waals surface area contributed by atoms with E-state index in [2.05, 4.69) is 25.9 Å². The van der Waals surface area contributed by atoms with E-state index in [0.29, 0.717) is 69.8 Å². The second kappa shape index (κ2) is 39.9. The number of primary amides is 1. The van der Waals surface area contributed by atoms with Crippen molar-refractivity contribution in [1.29, 1.82) is 0 Å². The summed E-state index contributed by atoms with van der Waals surface area (Å²) in [5.41, 5.74) is 3.17. The summed E-state index contributed by atoms with van der Waals surface area (Å²) >= 11 is -2.00. The van der Waals surface area contributed by atoms with Crippen LogP contribution in [0.15, 0.2) is 15.9 Å². The molecular weight excluding hydrogens is 1540 g/mol. The smallest absolute Gasteiger partial charge is 0.412 e. The van der Waals surface area contributed by atoms with Crippen LogP contribution in [0, 0.1) is 16.7 Å². The number of nitrogens with two attached hydrogens (primary N) is 1. The molecule has 2 aromatic heterocycles. The minimum absolute atomic E-state index is 0. The molecular formula is C37H61ClHg3N9Na2O16S. The molecule has 25 nitrogen and oxygen atoms in total. The van der Waals surface area contributed by atoms with E-state index < -0.39 is 93.1 Å². The Bertz CT molecular complexity index is 2040. The molecule has 0 bridgehead atoms. The Morgan fingerprint density at radius 2 is 1.51 bits per heavy atom. The first kappa shape index (κ1) is 75.0. The van der Waals surface area contributed by atoms with E-state index in [1.807, 2.05) is 19.2 Å². The number of imidazole rings is 1. The molecule has 0 spiro atoms. The molecule has 0 saturated heterocycles. The molecule has 32 heteroatoms. The van der Waals surface area contributed by atoms with Crippen LogP contribution in [0.1, 0.15) is 46.5 Å². The molecule has 10 N–H and O–H groups in total. The number of aryl methyl sites for hydroxylation is 1. The summed E-state index contributed by atoms with van der Waals surface area (Å²) in [7, 11) is 14.9. The number of ether oxygens (including phenoxy) is 3. The van der Waals surface area contributed by atoms with Crippen molar-refractivity contribution in [3.05, 3.63) is 27.2 Å². The van der Waals surface area contributed by atoms with Crippen LogP contribution in [0.25, 0.3) is 11.2 Å². The molecule has 0 aliphatic heterocycles. The van der Waals surface area contributed by atoms with Crippen LogP contribution >= 0.6 is 16.5 Å². The molecule has 0 radical (unpaired) electrons. The zero-order valence-corrected chi connectivity index (χ0v) is 63.2. The SMILES string of the molecule is COC(CNC(=O)C1CCC(C)(C(=O)[O-])C1(C)C)[CH2][Hg][S]CC(=O)[O-].COC(CNC(N)=O)[CH2][Hg][Cl].COC([CH2][Hg])CNC(=O)NC(=O)CCC(=O)O.Cn1c(=O)c2[nH]cnc2n(C)c1=O.O.[Na+].[Na+]. The first-order chi connectivity index (χ1) is 30.9. The van der Waals surface area contributed by atoms with Gasteiger partial charge in [0.1, 0.15) is 5.52 Å². The van der Waals surface area contributed by atoms with E-state index in [4.69, 9.17) is 33.3 Å². The summed E-state index contributed by atoms with van der Waals surface area (Å²) in [6.45, 7) is 6.44. The number of amides is 6. The number of urea groups is 2. The van der Waals surface area contributed by atoms with Crippen molar-refractivity contribution in [3.63, 3.8) is 0 Å². The zero-order valence-electron chi connectivity index (χ0n) is 41.2. The van der Waals surface area contributed by atoms with Gasteiger partial charge in [0.2, 0.25) is 0 Å². The van der Waals surface area contributed by atoms with E-state index in [0.717, 1.165) is 16.4 Å². The largest absolute Gasteiger partial charge is 1.00 e. The Kier molecular flexibility index (Phi) is 43.4. The number of aromatic amines is 1. The number of carboxylic acid groups (broad SMARTS) is 3. The molecule has 69 heavy (non-hydrogen) atoms. The average molecular weight is 1600 g/mol. The number of halogens is 1. The normalized spacial score (nSPS) is 16.2. The van der Waals surface area contributed by atoms with Gasteiger partial charge in [-0.3, -0.25) is 13.9 Å². The number of hydrogen-bond donors (Lipinski definition) is 7. The molecule has 5 unspecified atom stereocenters. The predicted molar refractivity (Wildman–Crippen MR) is 229 cm³/mol. The van der Waals surface area contributed by atoms with Crippen molar-refractivity contribution in [2.75, 3.05) is 46.7 Å². The molecule has 1 aliphatic carbocycles. The van der Waals surface area contributed by atoms with Crippen LogP contribution in [0.5, 0.6) is 0 Å². The van der Waals surface area contributed by atoms with Gasteiger partial charge in [0, 0.05) is 14.1 Å². The van der Waals surface area contributed by atoms with Gasteiger partial charge in [0.25, 0.3) is 5.56 Å². The van der Waals surface area contributed by atoms with Gasteiger partial charge >= 0.3 is 426 Å². The number of methoxy groups -OCH3 is 3. The van der Waals surface area contributed by atoms with E-state index in [9.17, 15) is 53.4 Å². The second-order valence-corrected chi connectivity index (χ2v) is 37.6. The molecule has 2 aromatic rings. The summed E-state index contributed by atoms with van der Waals surface area (Å²) in [6, 6.07) is -1.14. The summed E-state index contributed by atoms with van der Waals surface area (Å²) in [5.74, 6) is -4.34. The van der Waals surface area contributed by atoms with Crippen molar-refractivity contribution >= 4 is 69.4 Å². The number of imide groups is 1. The number of carboxylic acids is 3. The van der Waals surface area contributed by atoms with Crippen molar-refractivity contribution in [3.8, 4) is 0 Å². The van der Waals surface area contributed by atoms with Gasteiger partial charge in [-0.05, 0) is 0 Å². The molecule has 3 rings (SSSR count). The molecule has 371 valence electrons. The van der Waals surface area contributed by atoms with Gasteiger partial charge in [-0.2, -0.15) is 0 Å². The standard InChI is InChI=1S/C14H24NO4.C9H15N2O5.C7H8N4O2.C5H11N2O2.C2H4O2S.ClH.3Hg.2Na.H2O/c1-9(19-5)8-15-11(16)10-6-7-14(4,12(17)18)13(10,2)3;1-6(16-2)5-10-9(15)11-7(12)3-4-8(13)14;1-10-5-4(8-3-9-5)6(12)11(2)7(10)13;1-4(9-2)3-7-5(6)8;3-2(4)1-5;;;;;;;/h9-10H,1,6-8H2,2-5H3,(H,15,16)(H,17,18);6H,1,3-5H2,2H3,(H,13,14)(H2,10,11,12,15);3H,1-2H3,(H,8,9);4H,1,3H2,2H3,(H3,6,7,8);5H,1H2,(H,3,4);1H;;;;;;1H2/q;;;;;;;4*+1;/p-4. The third-order valence-electron chi connectivity index (χ3n) is 10.9. The number of rotatable bonds is 22. The Morgan fingerprint density at radius 1 is 0.957 bits per heavy atom. The number of fused-ring (bicyclic) bond motifs is 1. The van der Waals surface area contributed by atoms with Crippen LogP contribution in [0.4, 0.5) is 9.59 Å². The van der Waals surface area contributed by atoms with Crippen LogP contribution in [-0.4, -0.2) is 136 Å². The van der Waals surface area contributed by atoms with Gasteiger partial charge in [0.15, 0.2) is 5.65 Å². The van der Waals surface area contributed by atoms with Crippen molar-refractivity contribution in [2.24, 2.45) is 36.6 Å². The molecule has 2 heterocycles. The minimum atomic E-state index is -1.42. The first-order valence-corrected chi connectivity index (χ1v) is 46.8. The summed E-state index contributed by atoms with van der Waals surface area (Å²) < 4.78 is 20.5. The summed E-state index contributed by atoms with van der Waals surface area (Å²) in [4.78, 5) is 107. The third kappa shape index (κ3) is 27.6. The maximum Gasteiger partial charge on any atom is 1.00 e. The fourth-order valence-electron chi connectivity index (χ4n) is 6.21. The van der Waals surface area contributed by atoms with Crippen LogP contribution in [0.3, 0.4) is 0 Å². The predicted octanol–water partition coefficient (Wildman–Crippen LogP) is -8.67. The van der Waals surface area contributed by atoms with Crippen LogP contribution in [0.2, 0.25) is 11.8 Å². The third-order valence-corrected chi connectivity index (χ3v) is 30.6. The van der Waals surface area contributed by atoms with Crippen molar-refractivity contribution < 1.29 is 200 Å². The molecule has 1 aliphatic rings. The number of carbonyl (C=O) groups is 7. The number of hydrogen-bond acceptors (Lipinski definition) is 16. The van der Waals surface area contributed by atoms with Crippen molar-refractivity contribution in [2.45, 2.75) is 76.6 Å². The van der Waals surface area contributed by atoms with Gasteiger partial charge in [-0.25, -0.2) is 9.78 Å². The van der Waals surface area contributed by atoms with Crippen LogP contribution in [-0.2, 0) is 125 Å². The van der Waals surface area contributed by atoms with Crippen LogP contribution < -0.4 is 108 Å². The van der Waals surface area contributed by atoms with Gasteiger partial charge in [-0.15, -0.1) is 0 Å². The van der Waals surface area contributed by atoms with Crippen molar-refractivity contribution in [1.82, 2.24) is 40.4 Å². The van der Waals surface area contributed by atoms with Gasteiger partial charge in [-0.1, -0.05) is 0 Å². The van der Waals surface area contributed by atoms with Gasteiger partial charge < -0.3 is 10.5 Å². The summed E-state index contributed by atoms with van der Waals surface area (Å²) in [6.07, 6.45) is 1.75. The van der Waals surface area contributed by atoms with E-state index >= 15 is 0 Å². The monoisotopic (exact) mass is 1610 g/mol. The number of H-pyrrole nitrogens is 1. The quantitative estimate of drug-likeness (QED) is 0.0425. The fourth-order valence-corrected chi connectivity index (χ4v) is 23.8. The maximum absolute atomic E-state index is 12.6. The molecule has 6 amide bonds. The van der Waals surface area contributed by atoms with Gasteiger partial charge in [0.05, 0.1) is 6.33 Å². The zero-order chi connectivity index (χ0) is 50.8. The van der Waals surface area contributed by atoms with E-state index in [1.165, 1.54) is 26.2 Å². The minimum Gasteiger partial charge on any atom is -0.412 e. The molecule has 0 aromatic carbocycles. The molecule has 1 saturated carbocycles. The maximum atomic E-state index is 12.6. The number of carbonyl (C=O) groups excluding carboxylic acids is 6. The molecule has 1 fully saturated rings. The Morgan fingerprint density at radius 3 is 1.99 bits per heavy atom. The number of aliphatic carboxylic acids is 3. The van der Waals surface area contributed by atoms with E-state index in [1.54, 1.807) is 35.3 Å². The number of aromatic nitrogens is 4. The number of nitrogens with zero attached hydrogens (tertiary/aromatic N) is 3. The topological polar surface area (TPSA) is 392 Å². The Hall–Kier alpha value is -0.475. The number of nitrogens with one attached hydrogen (secondary N) is 5. The summed E-state index contributed by atoms with van der Waals surface area (Å²) in [5, 5.41) is 40.1. The first-order valence-electron chi connectivity index (χ1n) is 20.5. The Labute approximate surface area is 490 Å². The average Bonchev–Trinajstić information content (AvgIpc) is 3.86.